The molecule has 354 valence electrons. The topological polar surface area (TPSA) is 155 Å². The molecule has 0 aromatic carbocycles. The number of esters is 1. The third-order valence-corrected chi connectivity index (χ3v) is 11.9. The number of phosphoric ester groups is 1. The Bertz CT molecular complexity index is 1060. The van der Waals surface area contributed by atoms with Crippen LogP contribution in [0.4, 0.5) is 0 Å². The predicted molar refractivity (Wildman–Crippen MR) is 249 cm³/mol. The van der Waals surface area contributed by atoms with Crippen LogP contribution in [-0.2, 0) is 32.7 Å². The number of carbonyl (C=O) groups is 2. The number of allylic oxidation sites excluding steroid dienone is 4. The molecule has 0 aliphatic rings. The molecule has 0 aromatic heterocycles. The average Bonchev–Trinajstić information content (AvgIpc) is 3.23. The Morgan fingerprint density at radius 1 is 0.533 bits per heavy atom. The Balaban J connectivity index is 4.09. The first kappa shape index (κ1) is 58.5. The number of nitrogens with two attached hydrogens (primary N) is 1. The second kappa shape index (κ2) is 45.5. The summed E-state index contributed by atoms with van der Waals surface area (Å²) in [6.45, 7) is 3.86. The molecule has 3 atom stereocenters. The van der Waals surface area contributed by atoms with E-state index in [1.165, 1.54) is 167 Å². The molecule has 0 saturated heterocycles. The lowest BCUT2D eigenvalue weighted by atomic mass is 10.0. The Morgan fingerprint density at radius 3 is 1.40 bits per heavy atom. The summed E-state index contributed by atoms with van der Waals surface area (Å²) in [6.07, 6.45) is 50.9. The number of carboxylic acid groups (broad SMARTS) is 1. The summed E-state index contributed by atoms with van der Waals surface area (Å²) in [5.74, 6) is -1.77. The van der Waals surface area contributed by atoms with Crippen molar-refractivity contribution >= 4 is 19.8 Å². The largest absolute Gasteiger partial charge is 0.480 e. The van der Waals surface area contributed by atoms with E-state index in [0.717, 1.165) is 44.9 Å². The van der Waals surface area contributed by atoms with E-state index >= 15 is 0 Å². The van der Waals surface area contributed by atoms with E-state index in [1.807, 2.05) is 0 Å². The minimum Gasteiger partial charge on any atom is -0.480 e. The van der Waals surface area contributed by atoms with Crippen LogP contribution in [0.3, 0.4) is 0 Å². The van der Waals surface area contributed by atoms with Gasteiger partial charge in [-0.2, -0.15) is 0 Å². The molecule has 0 fully saturated rings. The van der Waals surface area contributed by atoms with Crippen molar-refractivity contribution in [2.24, 2.45) is 5.73 Å². The van der Waals surface area contributed by atoms with Gasteiger partial charge in [-0.15, -0.1) is 0 Å². The first-order valence-corrected chi connectivity index (χ1v) is 26.4. The van der Waals surface area contributed by atoms with Crippen LogP contribution in [0.25, 0.3) is 0 Å². The smallest absolute Gasteiger partial charge is 0.472 e. The van der Waals surface area contributed by atoms with Gasteiger partial charge in [0.25, 0.3) is 0 Å². The lowest BCUT2D eigenvalue weighted by molar-refractivity contribution is -0.154. The molecule has 3 unspecified atom stereocenters. The van der Waals surface area contributed by atoms with E-state index in [1.54, 1.807) is 0 Å². The number of hydrogen-bond donors (Lipinski definition) is 3. The van der Waals surface area contributed by atoms with E-state index in [2.05, 4.69) is 38.2 Å². The fourth-order valence-corrected chi connectivity index (χ4v) is 7.87. The molecule has 0 aliphatic carbocycles. The van der Waals surface area contributed by atoms with E-state index in [0.29, 0.717) is 13.0 Å². The SMILES string of the molecule is CCCC/C=C\C/C=C\CCCCCCCCOCC(COP(=O)(O)OCC(N)C(=O)O)OC(=O)CCCCCCCCCCCCCCCCCCCCCCCCC. The maximum atomic E-state index is 12.7. The Hall–Kier alpha value is -1.55. The van der Waals surface area contributed by atoms with Gasteiger partial charge < -0.3 is 25.2 Å². The van der Waals surface area contributed by atoms with Crippen molar-refractivity contribution in [1.29, 1.82) is 0 Å². The van der Waals surface area contributed by atoms with E-state index < -0.39 is 45.1 Å². The minimum atomic E-state index is -4.62. The van der Waals surface area contributed by atoms with E-state index in [-0.39, 0.29) is 13.0 Å². The highest BCUT2D eigenvalue weighted by atomic mass is 31.2. The maximum absolute atomic E-state index is 12.7. The van der Waals surface area contributed by atoms with Gasteiger partial charge in [0.2, 0.25) is 0 Å². The highest BCUT2D eigenvalue weighted by Gasteiger charge is 2.27. The number of unbranched alkanes of at least 4 members (excludes halogenated alkanes) is 30. The second-order valence-electron chi connectivity index (χ2n) is 17.0. The summed E-state index contributed by atoms with van der Waals surface area (Å²) in [4.78, 5) is 33.6. The summed E-state index contributed by atoms with van der Waals surface area (Å²) in [7, 11) is -4.62. The van der Waals surface area contributed by atoms with Crippen molar-refractivity contribution in [2.75, 3.05) is 26.4 Å². The monoisotopic (exact) mass is 872 g/mol. The van der Waals surface area contributed by atoms with Crippen molar-refractivity contribution in [3.63, 3.8) is 0 Å². The molecule has 0 rings (SSSR count). The molecule has 0 aromatic rings. The molecule has 4 N–H and O–H groups in total. The number of carbonyl (C=O) groups excluding carboxylic acids is 1. The van der Waals surface area contributed by atoms with Gasteiger partial charge in [-0.25, -0.2) is 4.57 Å². The Morgan fingerprint density at radius 2 is 0.933 bits per heavy atom. The molecule has 11 heteroatoms. The zero-order valence-corrected chi connectivity index (χ0v) is 39.7. The summed E-state index contributed by atoms with van der Waals surface area (Å²) in [6, 6.07) is -1.47. The molecule has 0 saturated carbocycles. The lowest BCUT2D eigenvalue weighted by Gasteiger charge is -2.20. The van der Waals surface area contributed by atoms with Gasteiger partial charge in [-0.05, 0) is 38.5 Å². The standard InChI is InChI=1S/C49H94NO9P/c1-3-5-7-9-11-13-15-17-19-20-21-22-23-24-25-26-27-29-31-33-35-37-39-41-48(51)59-46(44-57-60(54,55)58-45-47(50)49(52)53)43-56-42-40-38-36-34-32-30-28-18-16-14-12-10-8-6-4-2/h10,12,16,18,46-47H,3-9,11,13-15,17,19-45,50H2,1-2H3,(H,52,53)(H,54,55)/b12-10-,18-16-. The van der Waals surface area contributed by atoms with Crippen LogP contribution >= 0.6 is 7.82 Å². The molecular formula is C49H94NO9P. The third-order valence-electron chi connectivity index (χ3n) is 11.0. The number of phosphoric acid groups is 1. The average molecular weight is 872 g/mol. The van der Waals surface area contributed by atoms with Gasteiger partial charge in [0, 0.05) is 13.0 Å². The van der Waals surface area contributed by atoms with Gasteiger partial charge in [0.15, 0.2) is 0 Å². The molecule has 0 bridgehead atoms. The van der Waals surface area contributed by atoms with E-state index in [9.17, 15) is 19.0 Å². The van der Waals surface area contributed by atoms with Crippen molar-refractivity contribution in [1.82, 2.24) is 0 Å². The van der Waals surface area contributed by atoms with Gasteiger partial charge in [-0.1, -0.05) is 218 Å². The molecule has 0 spiro atoms. The van der Waals surface area contributed by atoms with Crippen molar-refractivity contribution < 1.29 is 42.7 Å². The fraction of sp³-hybridized carbons (Fsp3) is 0.878. The summed E-state index contributed by atoms with van der Waals surface area (Å²) in [5.41, 5.74) is 5.37. The van der Waals surface area contributed by atoms with Crippen LogP contribution in [-0.4, -0.2) is 60.5 Å². The summed E-state index contributed by atoms with van der Waals surface area (Å²) < 4.78 is 33.4. The van der Waals surface area contributed by atoms with E-state index in [4.69, 9.17) is 29.4 Å². The first-order valence-electron chi connectivity index (χ1n) is 24.9. The van der Waals surface area contributed by atoms with Crippen molar-refractivity contribution in [2.45, 2.75) is 251 Å². The molecular weight excluding hydrogens is 778 g/mol. The normalized spacial score (nSPS) is 13.9. The predicted octanol–water partition coefficient (Wildman–Crippen LogP) is 14.3. The minimum absolute atomic E-state index is 0.0138. The fourth-order valence-electron chi connectivity index (χ4n) is 7.09. The second-order valence-corrected chi connectivity index (χ2v) is 18.4. The zero-order chi connectivity index (χ0) is 44.0. The van der Waals surface area contributed by atoms with Crippen molar-refractivity contribution in [3.8, 4) is 0 Å². The van der Waals surface area contributed by atoms with Crippen LogP contribution in [0.15, 0.2) is 24.3 Å². The van der Waals surface area contributed by atoms with Crippen molar-refractivity contribution in [3.05, 3.63) is 24.3 Å². The molecule has 0 radical (unpaired) electrons. The van der Waals surface area contributed by atoms with Crippen LogP contribution in [0.2, 0.25) is 0 Å². The molecule has 0 heterocycles. The lowest BCUT2D eigenvalue weighted by Crippen LogP contribution is -2.34. The van der Waals surface area contributed by atoms with Gasteiger partial charge in [-0.3, -0.25) is 18.6 Å². The van der Waals surface area contributed by atoms with Crippen LogP contribution in [0.5, 0.6) is 0 Å². The zero-order valence-electron chi connectivity index (χ0n) is 38.8. The van der Waals surface area contributed by atoms with Gasteiger partial charge in [0.1, 0.15) is 12.1 Å². The highest BCUT2D eigenvalue weighted by molar-refractivity contribution is 7.47. The summed E-state index contributed by atoms with van der Waals surface area (Å²) in [5, 5.41) is 8.92. The van der Waals surface area contributed by atoms with Crippen LogP contribution in [0.1, 0.15) is 239 Å². The van der Waals surface area contributed by atoms with Crippen LogP contribution in [0, 0.1) is 0 Å². The number of ether oxygens (including phenoxy) is 2. The molecule has 0 amide bonds. The Labute approximate surface area is 368 Å². The quantitative estimate of drug-likeness (QED) is 0.0233. The van der Waals surface area contributed by atoms with Crippen LogP contribution < -0.4 is 5.73 Å². The number of rotatable bonds is 48. The first-order chi connectivity index (χ1) is 29.2. The Kier molecular flexibility index (Phi) is 44.3. The molecule has 10 nitrogen and oxygen atoms in total. The highest BCUT2D eigenvalue weighted by Crippen LogP contribution is 2.43. The molecule has 60 heavy (non-hydrogen) atoms. The third kappa shape index (κ3) is 44.5. The maximum Gasteiger partial charge on any atom is 0.472 e. The number of carboxylic acids is 1. The van der Waals surface area contributed by atoms with Gasteiger partial charge in [0.05, 0.1) is 19.8 Å². The molecule has 0 aliphatic heterocycles. The summed E-state index contributed by atoms with van der Waals surface area (Å²) >= 11 is 0. The van der Waals surface area contributed by atoms with Gasteiger partial charge >= 0.3 is 19.8 Å². The number of hydrogen-bond acceptors (Lipinski definition) is 8. The number of aliphatic carboxylic acids is 1.